The zero-order chi connectivity index (χ0) is 39.8. The van der Waals surface area contributed by atoms with Crippen molar-refractivity contribution in [1.82, 2.24) is 4.57 Å². The molecule has 9 aromatic carbocycles. The van der Waals surface area contributed by atoms with Crippen molar-refractivity contribution in [2.45, 2.75) is 12.3 Å². The van der Waals surface area contributed by atoms with Crippen LogP contribution in [-0.2, 0) is 0 Å². The van der Waals surface area contributed by atoms with Gasteiger partial charge in [0.1, 0.15) is 0 Å². The summed E-state index contributed by atoms with van der Waals surface area (Å²) in [5.41, 5.74) is 15.6. The number of para-hydroxylation sites is 4. The Bertz CT molecular complexity index is 3220. The Morgan fingerprint density at radius 1 is 0.450 bits per heavy atom. The molecule has 1 heterocycles. The second-order valence-corrected chi connectivity index (χ2v) is 15.6. The molecule has 1 aromatic heterocycles. The minimum atomic E-state index is 0.323. The van der Waals surface area contributed by atoms with Crippen LogP contribution in [0.25, 0.3) is 66.1 Å². The van der Waals surface area contributed by atoms with Gasteiger partial charge in [0.15, 0.2) is 0 Å². The third-order valence-corrected chi connectivity index (χ3v) is 12.1. The van der Waals surface area contributed by atoms with Gasteiger partial charge in [0.25, 0.3) is 0 Å². The molecule has 2 heteroatoms. The highest BCUT2D eigenvalue weighted by molar-refractivity contribution is 6.16. The number of anilines is 3. The molecule has 1 aliphatic rings. The maximum atomic E-state index is 2.41. The average molecular weight is 767 g/mol. The van der Waals surface area contributed by atoms with Gasteiger partial charge < -0.3 is 9.47 Å². The molecule has 0 bridgehead atoms. The number of hydrogen-bond donors (Lipinski definition) is 0. The van der Waals surface area contributed by atoms with Crippen molar-refractivity contribution in [2.75, 3.05) is 4.90 Å². The van der Waals surface area contributed by atoms with Gasteiger partial charge in [-0.1, -0.05) is 176 Å². The number of aromatic nitrogens is 1. The van der Waals surface area contributed by atoms with Gasteiger partial charge in [-0.05, 0) is 111 Å². The van der Waals surface area contributed by atoms with Gasteiger partial charge in [0, 0.05) is 39.3 Å². The Hall–Kier alpha value is -7.68. The van der Waals surface area contributed by atoms with E-state index in [1.54, 1.807) is 0 Å². The summed E-state index contributed by atoms with van der Waals surface area (Å²) in [5, 5.41) is 5.10. The van der Waals surface area contributed by atoms with Gasteiger partial charge in [0.2, 0.25) is 0 Å². The third-order valence-electron chi connectivity index (χ3n) is 12.1. The lowest BCUT2D eigenvalue weighted by molar-refractivity contribution is 0.856. The van der Waals surface area contributed by atoms with E-state index in [9.17, 15) is 0 Å². The van der Waals surface area contributed by atoms with Crippen molar-refractivity contribution < 1.29 is 0 Å². The molecule has 0 spiro atoms. The summed E-state index contributed by atoms with van der Waals surface area (Å²) in [4.78, 5) is 2.40. The monoisotopic (exact) mass is 766 g/mol. The molecule has 0 N–H and O–H groups in total. The van der Waals surface area contributed by atoms with E-state index in [1.165, 1.54) is 71.5 Å². The van der Waals surface area contributed by atoms with Crippen LogP contribution in [0, 0.1) is 0 Å². The van der Waals surface area contributed by atoms with Crippen LogP contribution in [0.2, 0.25) is 0 Å². The Morgan fingerprint density at radius 2 is 1.05 bits per heavy atom. The highest BCUT2D eigenvalue weighted by Gasteiger charge is 2.20. The minimum Gasteiger partial charge on any atom is -0.310 e. The first-order valence-electron chi connectivity index (χ1n) is 20.9. The van der Waals surface area contributed by atoms with E-state index in [4.69, 9.17) is 0 Å². The van der Waals surface area contributed by atoms with E-state index < -0.39 is 0 Å². The summed E-state index contributed by atoms with van der Waals surface area (Å²) in [6.45, 7) is 0. The van der Waals surface area contributed by atoms with E-state index in [2.05, 4.69) is 246 Å². The first kappa shape index (κ1) is 35.5. The summed E-state index contributed by atoms with van der Waals surface area (Å²) >= 11 is 0. The SMILES string of the molecule is C1=CC(c2ccc(N(c3ccccc3)c3ccccc3-c3cccc(-c4cccc5c4c4ccccc4n5-c4ccccc4)c3)cc2)CC=C1c1cccc2ccccc12. The summed E-state index contributed by atoms with van der Waals surface area (Å²) in [6.07, 6.45) is 8.06. The quantitative estimate of drug-likeness (QED) is 0.150. The van der Waals surface area contributed by atoms with Crippen LogP contribution in [0.4, 0.5) is 17.1 Å². The van der Waals surface area contributed by atoms with Gasteiger partial charge in [-0.25, -0.2) is 0 Å². The fourth-order valence-electron chi connectivity index (χ4n) is 9.30. The Balaban J connectivity index is 0.954. The molecule has 0 radical (unpaired) electrons. The Kier molecular flexibility index (Phi) is 9.02. The smallest absolute Gasteiger partial charge is 0.0547 e. The fourth-order valence-corrected chi connectivity index (χ4v) is 9.30. The maximum Gasteiger partial charge on any atom is 0.0547 e. The molecule has 2 nitrogen and oxygen atoms in total. The zero-order valence-electron chi connectivity index (χ0n) is 33.2. The van der Waals surface area contributed by atoms with Crippen LogP contribution in [0.3, 0.4) is 0 Å². The minimum absolute atomic E-state index is 0.323. The molecule has 284 valence electrons. The van der Waals surface area contributed by atoms with Gasteiger partial charge in [0.05, 0.1) is 16.7 Å². The van der Waals surface area contributed by atoms with E-state index >= 15 is 0 Å². The lowest BCUT2D eigenvalue weighted by Gasteiger charge is -2.28. The van der Waals surface area contributed by atoms with Crippen molar-refractivity contribution in [2.24, 2.45) is 0 Å². The molecule has 0 amide bonds. The predicted molar refractivity (Wildman–Crippen MR) is 255 cm³/mol. The molecule has 0 saturated heterocycles. The second kappa shape index (κ2) is 15.2. The van der Waals surface area contributed by atoms with E-state index in [-0.39, 0.29) is 0 Å². The number of benzene rings is 9. The molecule has 1 atom stereocenters. The number of rotatable bonds is 8. The fraction of sp³-hybridized carbons (Fsp3) is 0.0345. The molecule has 60 heavy (non-hydrogen) atoms. The molecule has 0 fully saturated rings. The largest absolute Gasteiger partial charge is 0.310 e. The lowest BCUT2D eigenvalue weighted by Crippen LogP contribution is -2.11. The number of hydrogen-bond acceptors (Lipinski definition) is 1. The van der Waals surface area contributed by atoms with Crippen molar-refractivity contribution in [3.63, 3.8) is 0 Å². The summed E-state index contributed by atoms with van der Waals surface area (Å²) in [5.74, 6) is 0.323. The summed E-state index contributed by atoms with van der Waals surface area (Å²) in [6, 6.07) is 79.3. The molecule has 10 aromatic rings. The van der Waals surface area contributed by atoms with E-state index in [0.717, 1.165) is 29.2 Å². The number of allylic oxidation sites excluding steroid dienone is 4. The standard InChI is InChI=1S/C58H42N2/c1-3-20-47(21-4-1)59(49-38-36-42(37-39-49)41-32-34-44(35-33-41)51-27-14-17-43-16-7-8-24-50(43)51)55-29-11-9-25-52(55)45-18-13-19-46(40-45)53-28-15-31-57-58(53)54-26-10-12-30-56(54)60(57)48-22-5-2-6-23-48/h1-32,34-41H,33H2. The highest BCUT2D eigenvalue weighted by Crippen LogP contribution is 2.44. The van der Waals surface area contributed by atoms with Crippen molar-refractivity contribution in [1.29, 1.82) is 0 Å². The lowest BCUT2D eigenvalue weighted by atomic mass is 9.87. The maximum absolute atomic E-state index is 2.41. The van der Waals surface area contributed by atoms with Gasteiger partial charge in [-0.2, -0.15) is 0 Å². The highest BCUT2D eigenvalue weighted by atomic mass is 15.1. The Labute approximate surface area is 351 Å². The molecular formula is C58H42N2. The summed E-state index contributed by atoms with van der Waals surface area (Å²) < 4.78 is 2.39. The van der Waals surface area contributed by atoms with Crippen molar-refractivity contribution in [3.8, 4) is 27.9 Å². The van der Waals surface area contributed by atoms with Crippen molar-refractivity contribution >= 4 is 55.2 Å². The molecule has 0 saturated carbocycles. The topological polar surface area (TPSA) is 8.17 Å². The van der Waals surface area contributed by atoms with E-state index in [1.807, 2.05) is 0 Å². The third kappa shape index (κ3) is 6.31. The summed E-state index contributed by atoms with van der Waals surface area (Å²) in [7, 11) is 0. The van der Waals surface area contributed by atoms with Crippen LogP contribution in [0.15, 0.2) is 237 Å². The zero-order valence-corrected chi connectivity index (χ0v) is 33.2. The number of nitrogens with zero attached hydrogens (tertiary/aromatic N) is 2. The normalized spacial score (nSPS) is 13.8. The average Bonchev–Trinajstić information content (AvgIpc) is 3.67. The van der Waals surface area contributed by atoms with Crippen LogP contribution >= 0.6 is 0 Å². The second-order valence-electron chi connectivity index (χ2n) is 15.6. The van der Waals surface area contributed by atoms with Gasteiger partial charge in [-0.15, -0.1) is 0 Å². The predicted octanol–water partition coefficient (Wildman–Crippen LogP) is 15.9. The van der Waals surface area contributed by atoms with Crippen LogP contribution in [0.1, 0.15) is 23.5 Å². The van der Waals surface area contributed by atoms with Crippen LogP contribution < -0.4 is 4.90 Å². The first-order chi connectivity index (χ1) is 29.8. The molecule has 1 aliphatic carbocycles. The molecular weight excluding hydrogens is 725 g/mol. The first-order valence-corrected chi connectivity index (χ1v) is 20.9. The molecule has 11 rings (SSSR count). The van der Waals surface area contributed by atoms with Gasteiger partial charge in [-0.3, -0.25) is 0 Å². The van der Waals surface area contributed by atoms with Crippen LogP contribution in [0.5, 0.6) is 0 Å². The number of fused-ring (bicyclic) bond motifs is 4. The van der Waals surface area contributed by atoms with Gasteiger partial charge >= 0.3 is 0 Å². The Morgan fingerprint density at radius 3 is 1.87 bits per heavy atom. The van der Waals surface area contributed by atoms with Crippen LogP contribution in [-0.4, -0.2) is 4.57 Å². The van der Waals surface area contributed by atoms with Crippen molar-refractivity contribution in [3.05, 3.63) is 248 Å². The van der Waals surface area contributed by atoms with E-state index in [0.29, 0.717) is 5.92 Å². The molecule has 1 unspecified atom stereocenters. The molecule has 0 aliphatic heterocycles.